The summed E-state index contributed by atoms with van der Waals surface area (Å²) in [6, 6.07) is -2.13. The molecule has 70 heavy (non-hydrogen) atoms. The third kappa shape index (κ3) is 16.0. The Kier molecular flexibility index (Phi) is 22.8. The van der Waals surface area contributed by atoms with Crippen molar-refractivity contribution in [3.05, 3.63) is 47.6 Å². The second-order valence-corrected chi connectivity index (χ2v) is 22.5. The molecule has 2 bridgehead atoms. The molecular formula is C52H82N2O15S. The molecule has 4 aliphatic rings. The van der Waals surface area contributed by atoms with Crippen molar-refractivity contribution in [2.45, 2.75) is 180 Å². The van der Waals surface area contributed by atoms with Crippen LogP contribution in [0, 0.1) is 35.5 Å². The van der Waals surface area contributed by atoms with Crippen LogP contribution in [0.4, 0.5) is 0 Å². The molecule has 2 saturated heterocycles. The van der Waals surface area contributed by atoms with Crippen LogP contribution in [0.5, 0.6) is 0 Å². The Hall–Kier alpha value is -3.46. The van der Waals surface area contributed by atoms with Gasteiger partial charge in [-0.1, -0.05) is 76.6 Å². The van der Waals surface area contributed by atoms with Gasteiger partial charge in [0, 0.05) is 51.0 Å². The number of aliphatic hydroxyl groups is 4. The number of allylic oxidation sites excluding steroid dienone is 6. The number of carbonyl (C=O) groups is 5. The normalized spacial score (nSPS) is 38.6. The van der Waals surface area contributed by atoms with Crippen LogP contribution in [0.3, 0.4) is 0 Å². The number of hydrogen-bond acceptors (Lipinski definition) is 15. The van der Waals surface area contributed by atoms with Crippen LogP contribution in [0.15, 0.2) is 47.6 Å². The number of hydrogen-bond donors (Lipinski definition) is 5. The number of Topliss-reactive ketones (excluding diaryl/α,β-unsaturated/α-hetero) is 3. The minimum absolute atomic E-state index is 0.00763. The van der Waals surface area contributed by atoms with E-state index in [9.17, 15) is 52.8 Å². The first-order valence-electron chi connectivity index (χ1n) is 25.2. The van der Waals surface area contributed by atoms with E-state index in [1.807, 2.05) is 19.9 Å². The van der Waals surface area contributed by atoms with Gasteiger partial charge in [0.2, 0.25) is 15.8 Å². The highest BCUT2D eigenvalue weighted by atomic mass is 32.2. The molecule has 0 aromatic heterocycles. The summed E-state index contributed by atoms with van der Waals surface area (Å²) in [5.41, 5.74) is 0.902. The van der Waals surface area contributed by atoms with Gasteiger partial charge in [-0.15, -0.1) is 0 Å². The van der Waals surface area contributed by atoms with Crippen molar-refractivity contribution in [1.29, 1.82) is 0 Å². The second kappa shape index (κ2) is 27.0. The molecule has 3 fully saturated rings. The van der Waals surface area contributed by atoms with Gasteiger partial charge in [0.25, 0.3) is 11.7 Å². The third-order valence-corrected chi connectivity index (χ3v) is 16.3. The Morgan fingerprint density at radius 3 is 2.29 bits per heavy atom. The average molecular weight is 1010 g/mol. The molecule has 0 aromatic carbocycles. The highest BCUT2D eigenvalue weighted by molar-refractivity contribution is 7.89. The molecule has 1 amide bonds. The zero-order valence-corrected chi connectivity index (χ0v) is 43.6. The van der Waals surface area contributed by atoms with Crippen molar-refractivity contribution in [3.63, 3.8) is 0 Å². The van der Waals surface area contributed by atoms with Crippen LogP contribution in [-0.4, -0.2) is 151 Å². The van der Waals surface area contributed by atoms with E-state index >= 15 is 0 Å². The molecule has 18 heteroatoms. The number of rotatable bonds is 9. The van der Waals surface area contributed by atoms with E-state index in [0.717, 1.165) is 4.90 Å². The Morgan fingerprint density at radius 2 is 1.61 bits per heavy atom. The van der Waals surface area contributed by atoms with Crippen LogP contribution in [0.1, 0.15) is 126 Å². The zero-order chi connectivity index (χ0) is 52.1. The van der Waals surface area contributed by atoms with Gasteiger partial charge in [-0.3, -0.25) is 19.2 Å². The Balaban J connectivity index is 1.75. The molecule has 3 heterocycles. The van der Waals surface area contributed by atoms with Gasteiger partial charge in [-0.05, 0) is 108 Å². The molecule has 1 aliphatic carbocycles. The Morgan fingerprint density at radius 1 is 0.900 bits per heavy atom. The summed E-state index contributed by atoms with van der Waals surface area (Å²) in [4.78, 5) is 72.1. The van der Waals surface area contributed by atoms with E-state index in [-0.39, 0.29) is 67.7 Å². The van der Waals surface area contributed by atoms with E-state index in [4.69, 9.17) is 18.9 Å². The van der Waals surface area contributed by atoms with E-state index in [1.54, 1.807) is 72.1 Å². The number of esters is 1. The van der Waals surface area contributed by atoms with Gasteiger partial charge >= 0.3 is 5.97 Å². The van der Waals surface area contributed by atoms with Crippen LogP contribution in [-0.2, 0) is 52.9 Å². The highest BCUT2D eigenvalue weighted by Crippen LogP contribution is 2.37. The number of methoxy groups -OCH3 is 2. The predicted octanol–water partition coefficient (Wildman–Crippen LogP) is 4.45. The lowest BCUT2D eigenvalue weighted by molar-refractivity contribution is -0.264. The Bertz CT molecular complexity index is 2040. The monoisotopic (exact) mass is 1010 g/mol. The minimum Gasteiger partial charge on any atom is -0.460 e. The summed E-state index contributed by atoms with van der Waals surface area (Å²) in [5, 5.41) is 43.5. The molecule has 1 unspecified atom stereocenters. The van der Waals surface area contributed by atoms with E-state index in [0.29, 0.717) is 62.5 Å². The minimum atomic E-state index is -4.00. The number of cyclic esters (lactones) is 1. The number of sulfonamides is 1. The number of ketones is 3. The summed E-state index contributed by atoms with van der Waals surface area (Å²) >= 11 is 0. The van der Waals surface area contributed by atoms with Gasteiger partial charge in [-0.25, -0.2) is 17.9 Å². The predicted molar refractivity (Wildman–Crippen MR) is 262 cm³/mol. The average Bonchev–Trinajstić information content (AvgIpc) is 3.31. The van der Waals surface area contributed by atoms with Crippen molar-refractivity contribution in [2.24, 2.45) is 35.5 Å². The number of fused-ring (bicyclic) bond motifs is 3. The smallest absolute Gasteiger partial charge is 0.329 e. The largest absolute Gasteiger partial charge is 0.460 e. The van der Waals surface area contributed by atoms with Crippen molar-refractivity contribution in [3.8, 4) is 0 Å². The fourth-order valence-electron chi connectivity index (χ4n) is 10.4. The molecule has 396 valence electrons. The van der Waals surface area contributed by atoms with Crippen LogP contribution < -0.4 is 4.72 Å². The first-order chi connectivity index (χ1) is 33.0. The van der Waals surface area contributed by atoms with Crippen LogP contribution in [0.2, 0.25) is 0 Å². The first kappa shape index (κ1) is 59.1. The molecule has 0 spiro atoms. The van der Waals surface area contributed by atoms with Crippen LogP contribution in [0.25, 0.3) is 0 Å². The number of piperidine rings is 1. The molecule has 15 atom stereocenters. The molecule has 0 radical (unpaired) electrons. The zero-order valence-electron chi connectivity index (χ0n) is 42.8. The number of amides is 1. The summed E-state index contributed by atoms with van der Waals surface area (Å²) in [6.07, 6.45) is 9.15. The molecule has 0 aromatic rings. The maximum absolute atomic E-state index is 14.4. The molecule has 4 rings (SSSR count). The summed E-state index contributed by atoms with van der Waals surface area (Å²) in [6.45, 7) is 11.5. The maximum atomic E-state index is 14.4. The fourth-order valence-corrected chi connectivity index (χ4v) is 11.5. The molecular weight excluding hydrogens is 925 g/mol. The lowest BCUT2D eigenvalue weighted by Gasteiger charge is -2.43. The van der Waals surface area contributed by atoms with Gasteiger partial charge in [-0.2, -0.15) is 0 Å². The van der Waals surface area contributed by atoms with Gasteiger partial charge < -0.3 is 44.3 Å². The van der Waals surface area contributed by atoms with E-state index < -0.39 is 106 Å². The van der Waals surface area contributed by atoms with E-state index in [2.05, 4.69) is 4.72 Å². The quantitative estimate of drug-likeness (QED) is 0.122. The van der Waals surface area contributed by atoms with E-state index in [1.165, 1.54) is 7.11 Å². The van der Waals surface area contributed by atoms with Gasteiger partial charge in [0.15, 0.2) is 5.78 Å². The summed E-state index contributed by atoms with van der Waals surface area (Å²) < 4.78 is 52.1. The first-order valence-corrected chi connectivity index (χ1v) is 26.9. The number of nitrogens with one attached hydrogen (secondary N) is 1. The topological polar surface area (TPSA) is 253 Å². The maximum Gasteiger partial charge on any atom is 0.329 e. The number of aliphatic hydroxyl groups excluding tert-OH is 3. The lowest BCUT2D eigenvalue weighted by Crippen LogP contribution is -2.61. The van der Waals surface area contributed by atoms with Crippen molar-refractivity contribution >= 4 is 39.2 Å². The molecule has 3 aliphatic heterocycles. The fraction of sp³-hybridized carbons (Fsp3) is 0.750. The third-order valence-electron chi connectivity index (χ3n) is 14.9. The lowest BCUT2D eigenvalue weighted by atomic mass is 9.78. The van der Waals surface area contributed by atoms with Crippen molar-refractivity contribution in [2.75, 3.05) is 33.1 Å². The van der Waals surface area contributed by atoms with Gasteiger partial charge in [0.1, 0.15) is 30.1 Å². The number of nitrogens with zero attached hydrogens (tertiary/aromatic N) is 1. The summed E-state index contributed by atoms with van der Waals surface area (Å²) in [7, 11) is -1.11. The second-order valence-electron chi connectivity index (χ2n) is 20.6. The molecule has 5 N–H and O–H groups in total. The SMILES string of the molecule is CO[C@@H]1C[C@H](C[C@@H](C)[C@@H]2CC(=O)[C@H](C)/C=C(\C)[C@@H](O)[C@@H](OC)C(=O)[C@H](C)C[C@H](C)/C=C/C=C/C=C(\C)C(NS(=O)(=O)CCO)C[C@@H]3CC[C@@H](C)[C@@](O)(O3)C(=O)C(=O)N3CCCC[C@H]3C(=O)O2)CC[C@H]1O. The number of carbonyl (C=O) groups excluding carboxylic acids is 5. The van der Waals surface area contributed by atoms with Crippen molar-refractivity contribution in [1.82, 2.24) is 9.62 Å². The van der Waals surface area contributed by atoms with Crippen molar-refractivity contribution < 1.29 is 71.8 Å². The Labute approximate surface area is 415 Å². The van der Waals surface area contributed by atoms with Gasteiger partial charge in [0.05, 0.1) is 30.7 Å². The molecule has 1 saturated carbocycles. The van der Waals surface area contributed by atoms with Crippen LogP contribution >= 0.6 is 0 Å². The highest BCUT2D eigenvalue weighted by Gasteiger charge is 2.53. The summed E-state index contributed by atoms with van der Waals surface area (Å²) in [5.74, 6) is -9.55. The standard InChI is InChI=1S/C52H82N2O15S/c1-31-15-11-10-12-16-32(2)40(53-70(64,65)24-23-55)29-39-20-18-37(7)52(63,69-39)49(60)50(61)54-22-14-13-17-41(54)51(62)68-44(34(4)27-38-19-21-42(56)45(28-38)66-8)30-43(57)33(3)26-36(6)47(59)48(67-9)46(58)35(5)25-31/h10-12,15-16,26,31,33-35,37-42,44-45,47-48,53,55-56,59,63H,13-14,17-25,27-30H2,1-9H3/b12-10+,15-11+,32-16+,36-26+/t31-,33-,34-,35-,37-,38+,39+,40?,41+,42-,44+,45-,47-,48+,52-/m1/s1. The number of ether oxygens (including phenoxy) is 4. The molecule has 17 nitrogen and oxygen atoms in total.